The zero-order valence-corrected chi connectivity index (χ0v) is 11.2. The molecule has 0 saturated carbocycles. The van der Waals surface area contributed by atoms with E-state index < -0.39 is 6.10 Å². The molecule has 2 rings (SSSR count). The predicted octanol–water partition coefficient (Wildman–Crippen LogP) is 2.70. The molecule has 1 fully saturated rings. The normalized spacial score (nSPS) is 24.9. The standard InChI is InChI=1S/C15H20N2O/c1-10-8-17(9-11(10)2)15-6-13(7-16)4-5-14(15)12(3)18/h4-6,10-12,18H,8-9H2,1-3H3/t10?,11?,12-/m0/s1. The van der Waals surface area contributed by atoms with Crippen molar-refractivity contribution in [2.75, 3.05) is 18.0 Å². The molecule has 0 bridgehead atoms. The Bertz CT molecular complexity index is 466. The number of aliphatic hydroxyl groups excluding tert-OH is 1. The summed E-state index contributed by atoms with van der Waals surface area (Å²) in [5, 5.41) is 18.9. The molecule has 1 N–H and O–H groups in total. The molecular weight excluding hydrogens is 224 g/mol. The highest BCUT2D eigenvalue weighted by Gasteiger charge is 2.28. The van der Waals surface area contributed by atoms with Gasteiger partial charge in [0.1, 0.15) is 0 Å². The summed E-state index contributed by atoms with van der Waals surface area (Å²) in [7, 11) is 0. The molecule has 1 aliphatic rings. The van der Waals surface area contributed by atoms with Crippen LogP contribution in [-0.2, 0) is 0 Å². The van der Waals surface area contributed by atoms with E-state index in [0.29, 0.717) is 17.4 Å². The Kier molecular flexibility index (Phi) is 3.58. The SMILES string of the molecule is CC1CN(c2cc(C#N)ccc2[C@H](C)O)CC1C. The van der Waals surface area contributed by atoms with E-state index in [1.165, 1.54) is 0 Å². The maximum absolute atomic E-state index is 9.85. The fraction of sp³-hybridized carbons (Fsp3) is 0.533. The molecule has 0 spiro atoms. The third-order valence-electron chi connectivity index (χ3n) is 3.94. The van der Waals surface area contributed by atoms with E-state index in [1.807, 2.05) is 12.1 Å². The number of hydrogen-bond donors (Lipinski definition) is 1. The van der Waals surface area contributed by atoms with Crippen LogP contribution in [0.5, 0.6) is 0 Å². The Morgan fingerprint density at radius 2 is 1.94 bits per heavy atom. The monoisotopic (exact) mass is 244 g/mol. The fourth-order valence-corrected chi connectivity index (χ4v) is 2.57. The van der Waals surface area contributed by atoms with Gasteiger partial charge in [0.25, 0.3) is 0 Å². The highest BCUT2D eigenvalue weighted by Crippen LogP contribution is 2.33. The van der Waals surface area contributed by atoms with E-state index in [1.54, 1.807) is 13.0 Å². The minimum absolute atomic E-state index is 0.501. The van der Waals surface area contributed by atoms with E-state index in [-0.39, 0.29) is 0 Å². The molecule has 2 unspecified atom stereocenters. The molecule has 0 amide bonds. The van der Waals surface area contributed by atoms with Crippen molar-refractivity contribution in [3.8, 4) is 6.07 Å². The first-order valence-electron chi connectivity index (χ1n) is 6.50. The lowest BCUT2D eigenvalue weighted by Gasteiger charge is -2.23. The first-order chi connectivity index (χ1) is 8.52. The van der Waals surface area contributed by atoms with Gasteiger partial charge in [0.05, 0.1) is 17.7 Å². The largest absolute Gasteiger partial charge is 0.389 e. The van der Waals surface area contributed by atoms with Crippen molar-refractivity contribution in [3.63, 3.8) is 0 Å². The van der Waals surface area contributed by atoms with E-state index >= 15 is 0 Å². The molecular formula is C15H20N2O. The zero-order valence-electron chi connectivity index (χ0n) is 11.2. The van der Waals surface area contributed by atoms with Crippen LogP contribution in [-0.4, -0.2) is 18.2 Å². The van der Waals surface area contributed by atoms with Gasteiger partial charge >= 0.3 is 0 Å². The summed E-state index contributed by atoms with van der Waals surface area (Å²) in [5.74, 6) is 1.30. The quantitative estimate of drug-likeness (QED) is 0.870. The van der Waals surface area contributed by atoms with Crippen LogP contribution in [0.4, 0.5) is 5.69 Å². The third kappa shape index (κ3) is 2.34. The second kappa shape index (κ2) is 4.99. The Labute approximate surface area is 109 Å². The van der Waals surface area contributed by atoms with Gasteiger partial charge in [-0.15, -0.1) is 0 Å². The summed E-state index contributed by atoms with van der Waals surface area (Å²) in [6, 6.07) is 7.71. The Morgan fingerprint density at radius 3 is 2.44 bits per heavy atom. The van der Waals surface area contributed by atoms with Crippen molar-refractivity contribution in [2.45, 2.75) is 26.9 Å². The van der Waals surface area contributed by atoms with Gasteiger partial charge in [-0.25, -0.2) is 0 Å². The molecule has 0 aromatic heterocycles. The molecule has 3 nitrogen and oxygen atoms in total. The lowest BCUT2D eigenvalue weighted by Crippen LogP contribution is -2.21. The van der Waals surface area contributed by atoms with Crippen LogP contribution in [0.1, 0.15) is 38.0 Å². The topological polar surface area (TPSA) is 47.3 Å². The van der Waals surface area contributed by atoms with Crippen molar-refractivity contribution in [2.24, 2.45) is 11.8 Å². The lowest BCUT2D eigenvalue weighted by molar-refractivity contribution is 0.199. The van der Waals surface area contributed by atoms with E-state index in [9.17, 15) is 5.11 Å². The van der Waals surface area contributed by atoms with Crippen LogP contribution in [0.15, 0.2) is 18.2 Å². The predicted molar refractivity (Wildman–Crippen MR) is 72.3 cm³/mol. The molecule has 1 aliphatic heterocycles. The summed E-state index contributed by atoms with van der Waals surface area (Å²) in [4.78, 5) is 2.29. The highest BCUT2D eigenvalue weighted by molar-refractivity contribution is 5.59. The summed E-state index contributed by atoms with van der Waals surface area (Å²) in [6.45, 7) is 8.26. The number of hydrogen-bond acceptors (Lipinski definition) is 3. The number of nitrogens with zero attached hydrogens (tertiary/aromatic N) is 2. The maximum Gasteiger partial charge on any atom is 0.0992 e. The van der Waals surface area contributed by atoms with Gasteiger partial charge < -0.3 is 10.0 Å². The van der Waals surface area contributed by atoms with Crippen LogP contribution in [0.2, 0.25) is 0 Å². The van der Waals surface area contributed by atoms with Gasteiger partial charge in [-0.3, -0.25) is 0 Å². The smallest absolute Gasteiger partial charge is 0.0992 e. The zero-order chi connectivity index (χ0) is 13.3. The molecule has 3 heteroatoms. The summed E-state index contributed by atoms with van der Waals surface area (Å²) in [5.41, 5.74) is 2.58. The summed E-state index contributed by atoms with van der Waals surface area (Å²) >= 11 is 0. The van der Waals surface area contributed by atoms with Crippen LogP contribution in [0.25, 0.3) is 0 Å². The molecule has 1 saturated heterocycles. The number of aliphatic hydroxyl groups is 1. The first-order valence-corrected chi connectivity index (χ1v) is 6.50. The Hall–Kier alpha value is -1.53. The maximum atomic E-state index is 9.85. The molecule has 3 atom stereocenters. The van der Waals surface area contributed by atoms with Gasteiger partial charge in [0.15, 0.2) is 0 Å². The van der Waals surface area contributed by atoms with E-state index in [0.717, 1.165) is 24.3 Å². The van der Waals surface area contributed by atoms with E-state index in [2.05, 4.69) is 24.8 Å². The van der Waals surface area contributed by atoms with Gasteiger partial charge in [-0.05, 0) is 30.9 Å². The summed E-state index contributed by atoms with van der Waals surface area (Å²) in [6.07, 6.45) is -0.501. The molecule has 0 aliphatic carbocycles. The van der Waals surface area contributed by atoms with Gasteiger partial charge in [0.2, 0.25) is 0 Å². The number of nitriles is 1. The first kappa shape index (κ1) is 12.9. The molecule has 1 aromatic carbocycles. The Balaban J connectivity index is 2.39. The number of rotatable bonds is 2. The lowest BCUT2D eigenvalue weighted by atomic mass is 10.0. The molecule has 1 heterocycles. The number of benzene rings is 1. The average Bonchev–Trinajstić information content (AvgIpc) is 2.68. The minimum Gasteiger partial charge on any atom is -0.389 e. The fourth-order valence-electron chi connectivity index (χ4n) is 2.57. The molecule has 0 radical (unpaired) electrons. The highest BCUT2D eigenvalue weighted by atomic mass is 16.3. The van der Waals surface area contributed by atoms with E-state index in [4.69, 9.17) is 5.26 Å². The van der Waals surface area contributed by atoms with Gasteiger partial charge in [-0.2, -0.15) is 5.26 Å². The van der Waals surface area contributed by atoms with Crippen molar-refractivity contribution >= 4 is 5.69 Å². The van der Waals surface area contributed by atoms with Crippen molar-refractivity contribution < 1.29 is 5.11 Å². The third-order valence-corrected chi connectivity index (χ3v) is 3.94. The summed E-state index contributed by atoms with van der Waals surface area (Å²) < 4.78 is 0. The molecule has 18 heavy (non-hydrogen) atoms. The molecule has 1 aromatic rings. The van der Waals surface area contributed by atoms with Crippen molar-refractivity contribution in [1.82, 2.24) is 0 Å². The van der Waals surface area contributed by atoms with Crippen LogP contribution in [0.3, 0.4) is 0 Å². The van der Waals surface area contributed by atoms with Crippen LogP contribution in [0, 0.1) is 23.2 Å². The van der Waals surface area contributed by atoms with Crippen LogP contribution >= 0.6 is 0 Å². The average molecular weight is 244 g/mol. The number of anilines is 1. The van der Waals surface area contributed by atoms with Gasteiger partial charge in [0, 0.05) is 24.3 Å². The minimum atomic E-state index is -0.501. The van der Waals surface area contributed by atoms with Crippen LogP contribution < -0.4 is 4.90 Å². The Morgan fingerprint density at radius 1 is 1.33 bits per heavy atom. The van der Waals surface area contributed by atoms with Gasteiger partial charge in [-0.1, -0.05) is 19.9 Å². The van der Waals surface area contributed by atoms with Crippen molar-refractivity contribution in [1.29, 1.82) is 5.26 Å². The second-order valence-corrected chi connectivity index (χ2v) is 5.42. The molecule has 96 valence electrons. The second-order valence-electron chi connectivity index (χ2n) is 5.42. The van der Waals surface area contributed by atoms with Crippen molar-refractivity contribution in [3.05, 3.63) is 29.3 Å².